The van der Waals surface area contributed by atoms with Gasteiger partial charge in [0.2, 0.25) is 11.8 Å². The summed E-state index contributed by atoms with van der Waals surface area (Å²) in [6.07, 6.45) is 10.1. The lowest BCUT2D eigenvalue weighted by atomic mass is 9.77. The smallest absolute Gasteiger partial charge is 0.246 e. The van der Waals surface area contributed by atoms with Crippen LogP contribution in [0.5, 0.6) is 23.0 Å². The lowest BCUT2D eigenvalue weighted by molar-refractivity contribution is -0.126. The molecule has 0 fully saturated rings. The number of ether oxygens (including phenoxy) is 4. The molecule has 0 bridgehead atoms. The Bertz CT molecular complexity index is 3740. The highest BCUT2D eigenvalue weighted by Gasteiger charge is 2.35. The van der Waals surface area contributed by atoms with Gasteiger partial charge in [-0.2, -0.15) is 0 Å². The zero-order valence-corrected chi connectivity index (χ0v) is 52.3. The van der Waals surface area contributed by atoms with Crippen LogP contribution in [0.3, 0.4) is 0 Å². The first-order valence-corrected chi connectivity index (χ1v) is 32.0. The second-order valence-corrected chi connectivity index (χ2v) is 22.7. The topological polar surface area (TPSA) is 102 Å². The molecule has 0 unspecified atom stereocenters. The molecule has 0 aromatic heterocycles. The van der Waals surface area contributed by atoms with E-state index in [0.29, 0.717) is 82.0 Å². The molecule has 92 heavy (non-hydrogen) atoms. The van der Waals surface area contributed by atoms with Gasteiger partial charge in [-0.05, 0) is 131 Å². The predicted molar refractivity (Wildman–Crippen MR) is 371 cm³/mol. The highest BCUT2D eigenvalue weighted by molar-refractivity contribution is 5.92. The number of carbonyl (C=O) groups excluding carboxylic acids is 2. The molecule has 0 atom stereocenters. The second-order valence-electron chi connectivity index (χ2n) is 22.7. The van der Waals surface area contributed by atoms with E-state index in [1.807, 2.05) is 175 Å². The summed E-state index contributed by atoms with van der Waals surface area (Å²) < 4.78 is 25.3. The van der Waals surface area contributed by atoms with Crippen molar-refractivity contribution in [3.63, 3.8) is 0 Å². The van der Waals surface area contributed by atoms with Gasteiger partial charge in [0.15, 0.2) is 23.0 Å². The fourth-order valence-corrected chi connectivity index (χ4v) is 11.2. The van der Waals surface area contributed by atoms with Crippen LogP contribution in [-0.2, 0) is 48.1 Å². The summed E-state index contributed by atoms with van der Waals surface area (Å²) in [6.45, 7) is 6.18. The molecule has 0 spiro atoms. The number of carbonyl (C=O) groups is 2. The Labute approximate surface area is 543 Å². The Morgan fingerprint density at radius 1 is 0.359 bits per heavy atom. The zero-order chi connectivity index (χ0) is 63.1. The maximum absolute atomic E-state index is 14.7. The Morgan fingerprint density at radius 2 is 0.707 bits per heavy atom. The summed E-state index contributed by atoms with van der Waals surface area (Å²) in [5.74, 6) is 2.23. The highest BCUT2D eigenvalue weighted by Crippen LogP contribution is 2.37. The monoisotopic (exact) mass is 1220 g/mol. The van der Waals surface area contributed by atoms with Gasteiger partial charge in [0.25, 0.3) is 0 Å². The van der Waals surface area contributed by atoms with Gasteiger partial charge in [0.05, 0.1) is 5.54 Å². The molecule has 0 radical (unpaired) electrons. The number of hydrogen-bond donors (Lipinski definition) is 2. The summed E-state index contributed by atoms with van der Waals surface area (Å²) in [7, 11) is 0. The van der Waals surface area contributed by atoms with Gasteiger partial charge in [-0.1, -0.05) is 255 Å². The van der Waals surface area contributed by atoms with Crippen molar-refractivity contribution < 1.29 is 28.5 Å². The first kappa shape index (κ1) is 64.7. The minimum Gasteiger partial charge on any atom is -0.485 e. The van der Waals surface area contributed by atoms with Crippen molar-refractivity contribution in [2.75, 3.05) is 39.3 Å². The van der Waals surface area contributed by atoms with Crippen molar-refractivity contribution in [1.82, 2.24) is 20.4 Å². The molecule has 10 aromatic carbocycles. The van der Waals surface area contributed by atoms with Crippen molar-refractivity contribution in [3.05, 3.63) is 347 Å². The van der Waals surface area contributed by atoms with Crippen LogP contribution < -0.4 is 29.6 Å². The number of nitrogens with one attached hydrogen (secondary N) is 2. The van der Waals surface area contributed by atoms with Gasteiger partial charge in [0, 0.05) is 44.9 Å². The quantitative estimate of drug-likeness (QED) is 0.0230. The molecule has 10 rings (SSSR count). The van der Waals surface area contributed by atoms with Crippen LogP contribution >= 0.6 is 0 Å². The van der Waals surface area contributed by atoms with Crippen LogP contribution in [0, 0.1) is 0 Å². The van der Waals surface area contributed by atoms with E-state index < -0.39 is 5.54 Å². The van der Waals surface area contributed by atoms with Gasteiger partial charge >= 0.3 is 0 Å². The number of nitrogens with zero attached hydrogens (tertiary/aromatic N) is 2. The van der Waals surface area contributed by atoms with Crippen LogP contribution in [0.4, 0.5) is 0 Å². The maximum Gasteiger partial charge on any atom is 0.246 e. The Hall–Kier alpha value is -10.3. The fourth-order valence-electron chi connectivity index (χ4n) is 11.2. The minimum atomic E-state index is -0.632. The van der Waals surface area contributed by atoms with Crippen molar-refractivity contribution in [1.29, 1.82) is 0 Å². The molecule has 0 saturated carbocycles. The van der Waals surface area contributed by atoms with E-state index in [0.717, 1.165) is 89.0 Å². The SMILES string of the molecule is O=C(/C=C/c1ccc(OCc2ccccc2)c(OCc2ccccc2)c1)NCCCN(CCCCN(CCCNC(c1ccccc1)(c1ccccc1)c1ccccc1)C(=O)/C=C/c1ccc(OCc2ccccc2)c(OCc2ccccc2)c1)Cc1ccccc1. The van der Waals surface area contributed by atoms with E-state index in [9.17, 15) is 9.59 Å². The van der Waals surface area contributed by atoms with Gasteiger partial charge in [-0.25, -0.2) is 0 Å². The summed E-state index contributed by atoms with van der Waals surface area (Å²) in [5, 5.41) is 7.15. The Kier molecular flexibility index (Phi) is 24.8. The zero-order valence-electron chi connectivity index (χ0n) is 52.3. The molecule has 0 aliphatic rings. The average molecular weight is 1220 g/mol. The number of unbranched alkanes of at least 4 members (excludes halogenated alkanes) is 1. The number of benzene rings is 10. The fraction of sp³-hybridized carbons (Fsp3) is 0.195. The maximum atomic E-state index is 14.7. The molecule has 2 amide bonds. The third-order valence-corrected chi connectivity index (χ3v) is 16.0. The summed E-state index contributed by atoms with van der Waals surface area (Å²) in [6, 6.07) is 94.2. The molecule has 466 valence electrons. The van der Waals surface area contributed by atoms with E-state index >= 15 is 0 Å². The second kappa shape index (κ2) is 35.2. The molecule has 0 saturated heterocycles. The van der Waals surface area contributed by atoms with Crippen molar-refractivity contribution in [3.8, 4) is 23.0 Å². The van der Waals surface area contributed by atoms with Crippen molar-refractivity contribution in [2.24, 2.45) is 0 Å². The van der Waals surface area contributed by atoms with E-state index in [-0.39, 0.29) is 11.8 Å². The number of amides is 2. The van der Waals surface area contributed by atoms with Crippen LogP contribution in [0.2, 0.25) is 0 Å². The normalized spacial score (nSPS) is 11.4. The van der Waals surface area contributed by atoms with Gasteiger partial charge in [0.1, 0.15) is 26.4 Å². The standard InChI is InChI=1S/C82H82N4O6/c87-80(51-47-66-45-49-76(89-62-69-31-11-2-12-32-69)78(59-66)91-64-71-35-15-4-16-36-71)83-53-27-56-85(61-68-29-9-1-10-30-68)55-25-26-57-86(58-28-54-84-82(73-39-19-6-20-40-73,74-41-21-7-22-42-74)75-43-23-8-24-44-75)81(88)52-48-67-46-50-77(90-63-70-33-13-3-14-34-70)79(60-67)92-65-72-37-17-5-18-38-72/h1-24,29-52,59-60,84H,25-28,53-58,61-65H2,(H,83,87)/b51-47+,52-48+. The molecular weight excluding hydrogens is 1140 g/mol. The minimum absolute atomic E-state index is 0.0609. The van der Waals surface area contributed by atoms with E-state index in [1.54, 1.807) is 18.2 Å². The first-order chi connectivity index (χ1) is 45.4. The molecule has 2 N–H and O–H groups in total. The van der Waals surface area contributed by atoms with Crippen LogP contribution in [-0.4, -0.2) is 60.9 Å². The molecule has 0 heterocycles. The molecular formula is C82H82N4O6. The van der Waals surface area contributed by atoms with E-state index in [1.165, 1.54) is 5.56 Å². The molecule has 10 nitrogen and oxygen atoms in total. The number of hydrogen-bond acceptors (Lipinski definition) is 8. The van der Waals surface area contributed by atoms with Gasteiger partial charge in [-0.3, -0.25) is 19.8 Å². The Balaban J connectivity index is 0.799. The first-order valence-electron chi connectivity index (χ1n) is 32.0. The third-order valence-electron chi connectivity index (χ3n) is 16.0. The molecule has 0 aliphatic carbocycles. The van der Waals surface area contributed by atoms with Crippen molar-refractivity contribution in [2.45, 2.75) is 64.2 Å². The largest absolute Gasteiger partial charge is 0.485 e. The molecule has 10 aromatic rings. The lowest BCUT2D eigenvalue weighted by Crippen LogP contribution is -2.45. The van der Waals surface area contributed by atoms with Crippen LogP contribution in [0.1, 0.15) is 81.3 Å². The van der Waals surface area contributed by atoms with Gasteiger partial charge in [-0.15, -0.1) is 0 Å². The lowest BCUT2D eigenvalue weighted by Gasteiger charge is -2.37. The molecule has 10 heteroatoms. The molecule has 0 aliphatic heterocycles. The van der Waals surface area contributed by atoms with Gasteiger partial charge < -0.3 is 29.2 Å². The highest BCUT2D eigenvalue weighted by atomic mass is 16.5. The van der Waals surface area contributed by atoms with Crippen LogP contribution in [0.25, 0.3) is 12.2 Å². The predicted octanol–water partition coefficient (Wildman–Crippen LogP) is 16.3. The summed E-state index contributed by atoms with van der Waals surface area (Å²) in [5.41, 5.74) is 9.84. The number of rotatable bonds is 35. The summed E-state index contributed by atoms with van der Waals surface area (Å²) >= 11 is 0. The summed E-state index contributed by atoms with van der Waals surface area (Å²) in [4.78, 5) is 32.5. The van der Waals surface area contributed by atoms with E-state index in [4.69, 9.17) is 18.9 Å². The third kappa shape index (κ3) is 19.9. The van der Waals surface area contributed by atoms with E-state index in [2.05, 4.69) is 131 Å². The van der Waals surface area contributed by atoms with Crippen molar-refractivity contribution >= 4 is 24.0 Å². The average Bonchev–Trinajstić information content (AvgIpc) is 0.797. The van der Waals surface area contributed by atoms with Crippen LogP contribution in [0.15, 0.2) is 291 Å². The Morgan fingerprint density at radius 3 is 1.14 bits per heavy atom.